The molecular formula is C11H23NO. The van der Waals surface area contributed by atoms with Crippen LogP contribution in [0, 0.1) is 5.92 Å². The highest BCUT2D eigenvalue weighted by Gasteiger charge is 2.11. The van der Waals surface area contributed by atoms with E-state index in [4.69, 9.17) is 0 Å². The predicted octanol–water partition coefficient (Wildman–Crippen LogP) is 2.33. The van der Waals surface area contributed by atoms with Crippen LogP contribution in [0.25, 0.3) is 0 Å². The Morgan fingerprint density at radius 3 is 2.31 bits per heavy atom. The van der Waals surface area contributed by atoms with Gasteiger partial charge >= 0.3 is 0 Å². The highest BCUT2D eigenvalue weighted by molar-refractivity contribution is 5.82. The number of unbranched alkanes of at least 4 members (excludes halogenated alkanes) is 1. The molecule has 0 aromatic carbocycles. The van der Waals surface area contributed by atoms with Crippen molar-refractivity contribution < 1.29 is 4.79 Å². The second-order valence-corrected chi connectivity index (χ2v) is 3.84. The number of hydrogen-bond donors (Lipinski definition) is 0. The molecule has 0 unspecified atom stereocenters. The van der Waals surface area contributed by atoms with Crippen LogP contribution in [0.5, 0.6) is 0 Å². The molecule has 0 rings (SSSR count). The molecule has 2 heteroatoms. The monoisotopic (exact) mass is 185 g/mol. The van der Waals surface area contributed by atoms with E-state index in [9.17, 15) is 4.79 Å². The summed E-state index contributed by atoms with van der Waals surface area (Å²) < 4.78 is 0. The quantitative estimate of drug-likeness (QED) is 0.606. The van der Waals surface area contributed by atoms with Gasteiger partial charge in [-0.3, -0.25) is 9.69 Å². The Morgan fingerprint density at radius 1 is 1.31 bits per heavy atom. The summed E-state index contributed by atoms with van der Waals surface area (Å²) in [4.78, 5) is 13.7. The van der Waals surface area contributed by atoms with Crippen LogP contribution >= 0.6 is 0 Å². The number of Topliss-reactive ketones (excluding diaryl/α,β-unsaturated/α-hetero) is 1. The van der Waals surface area contributed by atoms with E-state index >= 15 is 0 Å². The lowest BCUT2D eigenvalue weighted by atomic mass is 10.1. The minimum absolute atomic E-state index is 0.177. The summed E-state index contributed by atoms with van der Waals surface area (Å²) in [5.74, 6) is 0.536. The number of likely N-dealkylation sites (N-methyl/N-ethyl adjacent to an activating group) is 1. The van der Waals surface area contributed by atoms with Crippen LogP contribution in [-0.2, 0) is 4.79 Å². The van der Waals surface area contributed by atoms with Crippen molar-refractivity contribution in [3.8, 4) is 0 Å². The fraction of sp³-hybridized carbons (Fsp3) is 0.909. The van der Waals surface area contributed by atoms with Crippen molar-refractivity contribution in [3.05, 3.63) is 0 Å². The summed E-state index contributed by atoms with van der Waals surface area (Å²) >= 11 is 0. The van der Waals surface area contributed by atoms with Crippen molar-refractivity contribution in [2.45, 2.75) is 40.5 Å². The molecule has 0 heterocycles. The molecule has 0 saturated heterocycles. The summed E-state index contributed by atoms with van der Waals surface area (Å²) in [5.41, 5.74) is 0. The molecule has 0 saturated carbocycles. The first-order valence-corrected chi connectivity index (χ1v) is 5.36. The van der Waals surface area contributed by atoms with Crippen LogP contribution in [0.1, 0.15) is 40.5 Å². The standard InChI is InChI=1S/C11H23NO/c1-5-7-8-12(6-2)9-11(13)10(3)4/h10H,5-9H2,1-4H3. The molecule has 0 aliphatic heterocycles. The van der Waals surface area contributed by atoms with Gasteiger partial charge in [0.25, 0.3) is 0 Å². The summed E-state index contributed by atoms with van der Waals surface area (Å²) in [6.07, 6.45) is 2.39. The molecule has 0 aromatic heterocycles. The van der Waals surface area contributed by atoms with Gasteiger partial charge in [-0.15, -0.1) is 0 Å². The largest absolute Gasteiger partial charge is 0.298 e. The highest BCUT2D eigenvalue weighted by atomic mass is 16.1. The third-order valence-corrected chi connectivity index (χ3v) is 2.30. The van der Waals surface area contributed by atoms with E-state index in [0.29, 0.717) is 12.3 Å². The minimum atomic E-state index is 0.177. The second-order valence-electron chi connectivity index (χ2n) is 3.84. The molecule has 0 aromatic rings. The lowest BCUT2D eigenvalue weighted by molar-refractivity contribution is -0.123. The third-order valence-electron chi connectivity index (χ3n) is 2.30. The number of rotatable bonds is 7. The molecule has 0 bridgehead atoms. The van der Waals surface area contributed by atoms with Gasteiger partial charge in [-0.05, 0) is 19.5 Å². The molecule has 0 fully saturated rings. The van der Waals surface area contributed by atoms with E-state index in [1.807, 2.05) is 13.8 Å². The zero-order valence-corrected chi connectivity index (χ0v) is 9.47. The van der Waals surface area contributed by atoms with Gasteiger partial charge in [0.2, 0.25) is 0 Å². The number of hydrogen-bond acceptors (Lipinski definition) is 2. The fourth-order valence-corrected chi connectivity index (χ4v) is 1.13. The van der Waals surface area contributed by atoms with Crippen LogP contribution in [0.15, 0.2) is 0 Å². The number of ketones is 1. The van der Waals surface area contributed by atoms with Crippen molar-refractivity contribution >= 4 is 5.78 Å². The van der Waals surface area contributed by atoms with E-state index in [-0.39, 0.29) is 5.92 Å². The molecule has 0 aliphatic carbocycles. The molecule has 0 aliphatic rings. The molecule has 2 nitrogen and oxygen atoms in total. The fourth-order valence-electron chi connectivity index (χ4n) is 1.13. The van der Waals surface area contributed by atoms with Gasteiger partial charge in [0.05, 0.1) is 6.54 Å². The van der Waals surface area contributed by atoms with E-state index in [2.05, 4.69) is 18.7 Å². The lowest BCUT2D eigenvalue weighted by Gasteiger charge is -2.19. The predicted molar refractivity (Wildman–Crippen MR) is 56.9 cm³/mol. The van der Waals surface area contributed by atoms with Gasteiger partial charge in [-0.1, -0.05) is 34.1 Å². The molecule has 78 valence electrons. The molecule has 0 atom stereocenters. The van der Waals surface area contributed by atoms with Crippen LogP contribution < -0.4 is 0 Å². The normalized spacial score (nSPS) is 11.2. The maximum absolute atomic E-state index is 11.4. The Labute approximate surface area is 82.3 Å². The Kier molecular flexibility index (Phi) is 6.87. The zero-order chi connectivity index (χ0) is 10.3. The van der Waals surface area contributed by atoms with Gasteiger partial charge in [-0.2, -0.15) is 0 Å². The maximum Gasteiger partial charge on any atom is 0.149 e. The van der Waals surface area contributed by atoms with Crippen molar-refractivity contribution in [3.63, 3.8) is 0 Å². The van der Waals surface area contributed by atoms with Crippen molar-refractivity contribution in [1.82, 2.24) is 4.90 Å². The summed E-state index contributed by atoms with van der Waals surface area (Å²) in [6.45, 7) is 10.9. The number of nitrogens with zero attached hydrogens (tertiary/aromatic N) is 1. The van der Waals surface area contributed by atoms with Crippen molar-refractivity contribution in [2.75, 3.05) is 19.6 Å². The van der Waals surface area contributed by atoms with Gasteiger partial charge in [-0.25, -0.2) is 0 Å². The minimum Gasteiger partial charge on any atom is -0.298 e. The summed E-state index contributed by atoms with van der Waals surface area (Å²) in [7, 11) is 0. The van der Waals surface area contributed by atoms with Crippen LogP contribution in [0.2, 0.25) is 0 Å². The smallest absolute Gasteiger partial charge is 0.149 e. The van der Waals surface area contributed by atoms with Gasteiger partial charge in [0.15, 0.2) is 0 Å². The van der Waals surface area contributed by atoms with E-state index < -0.39 is 0 Å². The topological polar surface area (TPSA) is 20.3 Å². The van der Waals surface area contributed by atoms with Crippen LogP contribution in [0.4, 0.5) is 0 Å². The SMILES string of the molecule is CCCCN(CC)CC(=O)C(C)C. The molecule has 0 amide bonds. The average molecular weight is 185 g/mol. The van der Waals surface area contributed by atoms with Crippen molar-refractivity contribution in [1.29, 1.82) is 0 Å². The second kappa shape index (κ2) is 7.07. The van der Waals surface area contributed by atoms with Crippen molar-refractivity contribution in [2.24, 2.45) is 5.92 Å². The lowest BCUT2D eigenvalue weighted by Crippen LogP contribution is -2.32. The molecule has 0 radical (unpaired) electrons. The first-order chi connectivity index (χ1) is 6.11. The molecule has 13 heavy (non-hydrogen) atoms. The Bertz CT molecular complexity index is 143. The summed E-state index contributed by atoms with van der Waals surface area (Å²) in [6, 6.07) is 0. The Morgan fingerprint density at radius 2 is 1.92 bits per heavy atom. The van der Waals surface area contributed by atoms with E-state index in [0.717, 1.165) is 13.1 Å². The first kappa shape index (κ1) is 12.6. The average Bonchev–Trinajstić information content (AvgIpc) is 2.11. The Balaban J connectivity index is 3.76. The van der Waals surface area contributed by atoms with E-state index in [1.54, 1.807) is 0 Å². The van der Waals surface area contributed by atoms with Gasteiger partial charge in [0.1, 0.15) is 5.78 Å². The first-order valence-electron chi connectivity index (χ1n) is 5.36. The van der Waals surface area contributed by atoms with Gasteiger partial charge < -0.3 is 0 Å². The molecular weight excluding hydrogens is 162 g/mol. The highest BCUT2D eigenvalue weighted by Crippen LogP contribution is 2.00. The van der Waals surface area contributed by atoms with Crippen LogP contribution in [0.3, 0.4) is 0 Å². The molecule has 0 spiro atoms. The van der Waals surface area contributed by atoms with E-state index in [1.165, 1.54) is 12.8 Å². The number of carbonyl (C=O) groups is 1. The Hall–Kier alpha value is -0.370. The maximum atomic E-state index is 11.4. The summed E-state index contributed by atoms with van der Waals surface area (Å²) in [5, 5.41) is 0. The van der Waals surface area contributed by atoms with Gasteiger partial charge in [0, 0.05) is 5.92 Å². The number of carbonyl (C=O) groups excluding carboxylic acids is 1. The van der Waals surface area contributed by atoms with Crippen LogP contribution in [-0.4, -0.2) is 30.3 Å². The third kappa shape index (κ3) is 5.81. The molecule has 0 N–H and O–H groups in total. The zero-order valence-electron chi connectivity index (χ0n) is 9.47.